The lowest BCUT2D eigenvalue weighted by Crippen LogP contribution is -2.45. The molecule has 2 N–H and O–H groups in total. The van der Waals surface area contributed by atoms with Gasteiger partial charge >= 0.3 is 6.18 Å². The van der Waals surface area contributed by atoms with Crippen molar-refractivity contribution in [2.45, 2.75) is 32.0 Å². The maximum absolute atomic E-state index is 12.5. The zero-order valence-electron chi connectivity index (χ0n) is 15.3. The van der Waals surface area contributed by atoms with Crippen molar-refractivity contribution in [1.82, 2.24) is 15.5 Å². The SMILES string of the molecule is CCNC(=NCCc1ccc2c(c1)OCO2)NC1CCN(CC(F)(F)F)C1. The van der Waals surface area contributed by atoms with Gasteiger partial charge in [0.2, 0.25) is 6.79 Å². The number of guanidine groups is 1. The summed E-state index contributed by atoms with van der Waals surface area (Å²) in [7, 11) is 0. The van der Waals surface area contributed by atoms with E-state index in [1.54, 1.807) is 0 Å². The van der Waals surface area contributed by atoms with Gasteiger partial charge in [-0.2, -0.15) is 13.2 Å². The number of hydrogen-bond acceptors (Lipinski definition) is 4. The first-order valence-corrected chi connectivity index (χ1v) is 9.15. The Balaban J connectivity index is 1.49. The minimum atomic E-state index is -4.15. The fraction of sp³-hybridized carbons (Fsp3) is 0.611. The smallest absolute Gasteiger partial charge is 0.401 e. The van der Waals surface area contributed by atoms with Crippen LogP contribution in [0.15, 0.2) is 23.2 Å². The summed E-state index contributed by atoms with van der Waals surface area (Å²) >= 11 is 0. The van der Waals surface area contributed by atoms with Crippen LogP contribution in [0, 0.1) is 0 Å². The molecule has 3 rings (SSSR count). The molecule has 1 atom stereocenters. The van der Waals surface area contributed by atoms with E-state index in [2.05, 4.69) is 15.6 Å². The Morgan fingerprint density at radius 1 is 1.30 bits per heavy atom. The molecule has 1 saturated heterocycles. The van der Waals surface area contributed by atoms with Crippen molar-refractivity contribution >= 4 is 5.96 Å². The first kappa shape index (κ1) is 19.6. The Hall–Kier alpha value is -2.16. The molecule has 0 bridgehead atoms. The van der Waals surface area contributed by atoms with Crippen LogP contribution in [0.5, 0.6) is 11.5 Å². The number of alkyl halides is 3. The maximum Gasteiger partial charge on any atom is 0.401 e. The largest absolute Gasteiger partial charge is 0.454 e. The normalized spacial score (nSPS) is 20.1. The second kappa shape index (κ2) is 8.69. The fourth-order valence-corrected chi connectivity index (χ4v) is 3.25. The van der Waals surface area contributed by atoms with Crippen molar-refractivity contribution in [3.63, 3.8) is 0 Å². The van der Waals surface area contributed by atoms with E-state index in [9.17, 15) is 13.2 Å². The maximum atomic E-state index is 12.5. The Bertz CT molecular complexity index is 666. The number of nitrogens with one attached hydrogen (secondary N) is 2. The molecule has 1 fully saturated rings. The van der Waals surface area contributed by atoms with Gasteiger partial charge in [-0.15, -0.1) is 0 Å². The van der Waals surface area contributed by atoms with E-state index < -0.39 is 12.7 Å². The van der Waals surface area contributed by atoms with E-state index in [1.165, 1.54) is 4.90 Å². The molecule has 0 aliphatic carbocycles. The molecule has 6 nitrogen and oxygen atoms in total. The summed E-state index contributed by atoms with van der Waals surface area (Å²) in [4.78, 5) is 5.97. The van der Waals surface area contributed by atoms with Crippen molar-refractivity contribution in [2.24, 2.45) is 4.99 Å². The Morgan fingerprint density at radius 2 is 2.11 bits per heavy atom. The van der Waals surface area contributed by atoms with Gasteiger partial charge in [-0.25, -0.2) is 0 Å². The molecule has 2 aliphatic heterocycles. The highest BCUT2D eigenvalue weighted by atomic mass is 19.4. The van der Waals surface area contributed by atoms with Crippen LogP contribution in [0.1, 0.15) is 18.9 Å². The molecular formula is C18H25F3N4O2. The zero-order chi connectivity index (χ0) is 19.3. The molecule has 1 unspecified atom stereocenters. The van der Waals surface area contributed by atoms with E-state index in [1.807, 2.05) is 25.1 Å². The molecule has 9 heteroatoms. The highest BCUT2D eigenvalue weighted by Gasteiger charge is 2.34. The number of ether oxygens (including phenoxy) is 2. The Labute approximate surface area is 156 Å². The van der Waals surface area contributed by atoms with E-state index >= 15 is 0 Å². The van der Waals surface area contributed by atoms with Crippen molar-refractivity contribution in [3.8, 4) is 11.5 Å². The van der Waals surface area contributed by atoms with Crippen molar-refractivity contribution in [2.75, 3.05) is 39.5 Å². The summed E-state index contributed by atoms with van der Waals surface area (Å²) in [5, 5.41) is 6.40. The Morgan fingerprint density at radius 3 is 2.89 bits per heavy atom. The molecule has 0 saturated carbocycles. The third-order valence-corrected chi connectivity index (χ3v) is 4.47. The number of likely N-dealkylation sites (tertiary alicyclic amines) is 1. The summed E-state index contributed by atoms with van der Waals surface area (Å²) < 4.78 is 48.2. The average molecular weight is 386 g/mol. The summed E-state index contributed by atoms with van der Waals surface area (Å²) in [5.41, 5.74) is 1.09. The standard InChI is InChI=1S/C18H25F3N4O2/c1-2-22-17(24-14-6-8-25(10-14)11-18(19,20)21)23-7-5-13-3-4-15-16(9-13)27-12-26-15/h3-4,9,14H,2,5-8,10-12H2,1H3,(H2,22,23,24). The lowest BCUT2D eigenvalue weighted by molar-refractivity contribution is -0.143. The van der Waals surface area contributed by atoms with Gasteiger partial charge in [0.25, 0.3) is 0 Å². The number of fused-ring (bicyclic) bond motifs is 1. The molecular weight excluding hydrogens is 361 g/mol. The molecule has 0 spiro atoms. The van der Waals surface area contributed by atoms with Crippen LogP contribution in [0.25, 0.3) is 0 Å². The van der Waals surface area contributed by atoms with Gasteiger partial charge in [0.15, 0.2) is 17.5 Å². The minimum Gasteiger partial charge on any atom is -0.454 e. The predicted octanol–water partition coefficient (Wildman–Crippen LogP) is 2.15. The van der Waals surface area contributed by atoms with Crippen molar-refractivity contribution in [1.29, 1.82) is 0 Å². The van der Waals surface area contributed by atoms with Crippen LogP contribution in [-0.4, -0.2) is 62.6 Å². The topological polar surface area (TPSA) is 58.1 Å². The first-order chi connectivity index (χ1) is 12.9. The predicted molar refractivity (Wildman–Crippen MR) is 96.3 cm³/mol. The van der Waals surface area contributed by atoms with Crippen LogP contribution >= 0.6 is 0 Å². The fourth-order valence-electron chi connectivity index (χ4n) is 3.25. The summed E-state index contributed by atoms with van der Waals surface area (Å²) in [6.45, 7) is 3.41. The van der Waals surface area contributed by atoms with E-state index in [4.69, 9.17) is 9.47 Å². The molecule has 1 aromatic carbocycles. The van der Waals surface area contributed by atoms with E-state index in [0.29, 0.717) is 38.6 Å². The van der Waals surface area contributed by atoms with Crippen LogP contribution < -0.4 is 20.1 Å². The summed E-state index contributed by atoms with van der Waals surface area (Å²) in [5.74, 6) is 2.14. The van der Waals surface area contributed by atoms with Gasteiger partial charge in [0, 0.05) is 32.2 Å². The third kappa shape index (κ3) is 5.92. The van der Waals surface area contributed by atoms with Gasteiger partial charge in [0.05, 0.1) is 6.54 Å². The lowest BCUT2D eigenvalue weighted by Gasteiger charge is -2.19. The molecule has 2 aliphatic rings. The minimum absolute atomic E-state index is 0.0318. The molecule has 0 aromatic heterocycles. The van der Waals surface area contributed by atoms with E-state index in [0.717, 1.165) is 23.5 Å². The molecule has 0 amide bonds. The highest BCUT2D eigenvalue weighted by Crippen LogP contribution is 2.32. The second-order valence-corrected chi connectivity index (χ2v) is 6.68. The van der Waals surface area contributed by atoms with Crippen LogP contribution in [0.3, 0.4) is 0 Å². The number of nitrogens with zero attached hydrogens (tertiary/aromatic N) is 2. The lowest BCUT2D eigenvalue weighted by atomic mass is 10.1. The van der Waals surface area contributed by atoms with Crippen molar-refractivity contribution < 1.29 is 22.6 Å². The second-order valence-electron chi connectivity index (χ2n) is 6.68. The van der Waals surface area contributed by atoms with Crippen molar-refractivity contribution in [3.05, 3.63) is 23.8 Å². The van der Waals surface area contributed by atoms with Crippen LogP contribution in [0.2, 0.25) is 0 Å². The number of rotatable bonds is 6. The molecule has 0 radical (unpaired) electrons. The van der Waals surface area contributed by atoms with Gasteiger partial charge in [-0.1, -0.05) is 6.07 Å². The van der Waals surface area contributed by atoms with Gasteiger partial charge in [-0.3, -0.25) is 9.89 Å². The van der Waals surface area contributed by atoms with Gasteiger partial charge in [-0.05, 0) is 37.5 Å². The average Bonchev–Trinajstić information content (AvgIpc) is 3.22. The van der Waals surface area contributed by atoms with Gasteiger partial charge in [0.1, 0.15) is 0 Å². The quantitative estimate of drug-likeness (QED) is 0.580. The van der Waals surface area contributed by atoms with Crippen LogP contribution in [0.4, 0.5) is 13.2 Å². The summed E-state index contributed by atoms with van der Waals surface area (Å²) in [6.07, 6.45) is -2.75. The number of aliphatic imine (C=N–C) groups is 1. The highest BCUT2D eigenvalue weighted by molar-refractivity contribution is 5.80. The monoisotopic (exact) mass is 386 g/mol. The third-order valence-electron chi connectivity index (χ3n) is 4.47. The van der Waals surface area contributed by atoms with E-state index in [-0.39, 0.29) is 12.8 Å². The molecule has 2 heterocycles. The number of halogens is 3. The van der Waals surface area contributed by atoms with Gasteiger partial charge < -0.3 is 20.1 Å². The Kier molecular flexibility index (Phi) is 6.30. The number of hydrogen-bond donors (Lipinski definition) is 2. The molecule has 1 aromatic rings. The molecule has 27 heavy (non-hydrogen) atoms. The van der Waals surface area contributed by atoms with Crippen LogP contribution in [-0.2, 0) is 6.42 Å². The molecule has 150 valence electrons. The zero-order valence-corrected chi connectivity index (χ0v) is 15.3. The number of benzene rings is 1. The summed E-state index contributed by atoms with van der Waals surface area (Å²) in [6, 6.07) is 5.79. The first-order valence-electron chi connectivity index (χ1n) is 9.15.